The molecule has 0 unspecified atom stereocenters. The number of anilines is 1. The standard InChI is InChI=1S/C19H22N6O2/c1-11-5-7-14(8-6-11)20-9-10-24-12(2)13(3)25-15-16(21-18(24)25)23(4)19(27)22-17(15)26/h5-8,20H,9-10H2,1-4H3,(H,22,26,27). The molecular weight excluding hydrogens is 344 g/mol. The van der Waals surface area contributed by atoms with Crippen LogP contribution in [0.1, 0.15) is 17.0 Å². The van der Waals surface area contributed by atoms with Crippen LogP contribution >= 0.6 is 0 Å². The molecule has 0 saturated carbocycles. The maximum absolute atomic E-state index is 12.4. The molecule has 4 aromatic rings. The van der Waals surface area contributed by atoms with E-state index in [2.05, 4.69) is 51.0 Å². The Bertz CT molecular complexity index is 1270. The molecule has 2 N–H and O–H groups in total. The van der Waals surface area contributed by atoms with E-state index in [0.717, 1.165) is 17.1 Å². The van der Waals surface area contributed by atoms with Crippen molar-refractivity contribution in [1.82, 2.24) is 23.5 Å². The molecule has 0 bridgehead atoms. The molecule has 3 aromatic heterocycles. The van der Waals surface area contributed by atoms with E-state index in [9.17, 15) is 9.59 Å². The van der Waals surface area contributed by atoms with Gasteiger partial charge in [0.2, 0.25) is 5.78 Å². The first-order valence-electron chi connectivity index (χ1n) is 8.86. The van der Waals surface area contributed by atoms with Crippen LogP contribution in [0.4, 0.5) is 5.69 Å². The number of nitrogens with one attached hydrogen (secondary N) is 2. The van der Waals surface area contributed by atoms with Crippen LogP contribution in [0.5, 0.6) is 0 Å². The molecule has 0 atom stereocenters. The first kappa shape index (κ1) is 17.1. The molecule has 0 radical (unpaired) electrons. The molecule has 0 saturated heterocycles. The summed E-state index contributed by atoms with van der Waals surface area (Å²) in [7, 11) is 1.61. The van der Waals surface area contributed by atoms with Crippen LogP contribution in [0.3, 0.4) is 0 Å². The molecule has 140 valence electrons. The number of rotatable bonds is 4. The quantitative estimate of drug-likeness (QED) is 0.575. The zero-order valence-electron chi connectivity index (χ0n) is 15.8. The third kappa shape index (κ3) is 2.64. The molecule has 0 aliphatic rings. The second-order valence-corrected chi connectivity index (χ2v) is 6.85. The van der Waals surface area contributed by atoms with E-state index in [1.165, 1.54) is 10.1 Å². The number of benzene rings is 1. The monoisotopic (exact) mass is 366 g/mol. The summed E-state index contributed by atoms with van der Waals surface area (Å²) >= 11 is 0. The van der Waals surface area contributed by atoms with Crippen LogP contribution in [-0.4, -0.2) is 30.0 Å². The van der Waals surface area contributed by atoms with Crippen molar-refractivity contribution < 1.29 is 0 Å². The smallest absolute Gasteiger partial charge is 0.329 e. The number of aromatic nitrogens is 5. The van der Waals surface area contributed by atoms with Gasteiger partial charge in [-0.25, -0.2) is 4.79 Å². The largest absolute Gasteiger partial charge is 0.383 e. The van der Waals surface area contributed by atoms with Gasteiger partial charge in [-0.05, 0) is 32.9 Å². The Morgan fingerprint density at radius 1 is 1.07 bits per heavy atom. The molecule has 0 fully saturated rings. The van der Waals surface area contributed by atoms with Crippen LogP contribution in [0.25, 0.3) is 16.9 Å². The molecular formula is C19H22N6O2. The Labute approximate surface area is 155 Å². The van der Waals surface area contributed by atoms with E-state index < -0.39 is 11.2 Å². The number of fused-ring (bicyclic) bond motifs is 3. The minimum atomic E-state index is -0.463. The second-order valence-electron chi connectivity index (χ2n) is 6.85. The number of H-pyrrole nitrogens is 1. The lowest BCUT2D eigenvalue weighted by Crippen LogP contribution is -2.28. The van der Waals surface area contributed by atoms with E-state index in [1.807, 2.05) is 18.2 Å². The van der Waals surface area contributed by atoms with Crippen molar-refractivity contribution in [2.75, 3.05) is 11.9 Å². The molecule has 0 aliphatic carbocycles. The third-order valence-corrected chi connectivity index (χ3v) is 5.12. The summed E-state index contributed by atoms with van der Waals surface area (Å²) in [5, 5.41) is 3.41. The van der Waals surface area contributed by atoms with Crippen LogP contribution in [0.2, 0.25) is 0 Å². The Balaban J connectivity index is 1.75. The van der Waals surface area contributed by atoms with Crippen molar-refractivity contribution in [2.45, 2.75) is 27.3 Å². The van der Waals surface area contributed by atoms with Crippen LogP contribution < -0.4 is 16.6 Å². The van der Waals surface area contributed by atoms with E-state index in [1.54, 1.807) is 7.05 Å². The Hall–Kier alpha value is -3.29. The average molecular weight is 366 g/mol. The molecule has 27 heavy (non-hydrogen) atoms. The van der Waals surface area contributed by atoms with Gasteiger partial charge in [0.1, 0.15) is 0 Å². The Morgan fingerprint density at radius 2 is 1.78 bits per heavy atom. The molecule has 0 amide bonds. The summed E-state index contributed by atoms with van der Waals surface area (Å²) in [6.07, 6.45) is 0. The Kier molecular flexibility index (Phi) is 3.91. The van der Waals surface area contributed by atoms with Crippen molar-refractivity contribution in [3.05, 3.63) is 62.1 Å². The summed E-state index contributed by atoms with van der Waals surface area (Å²) in [5.41, 5.74) is 4.17. The van der Waals surface area contributed by atoms with E-state index in [-0.39, 0.29) is 0 Å². The van der Waals surface area contributed by atoms with Gasteiger partial charge >= 0.3 is 5.69 Å². The first-order chi connectivity index (χ1) is 12.9. The van der Waals surface area contributed by atoms with Gasteiger partial charge in [-0.1, -0.05) is 17.7 Å². The van der Waals surface area contributed by atoms with Gasteiger partial charge < -0.3 is 9.88 Å². The van der Waals surface area contributed by atoms with Crippen LogP contribution in [-0.2, 0) is 13.6 Å². The maximum atomic E-state index is 12.4. The summed E-state index contributed by atoms with van der Waals surface area (Å²) in [4.78, 5) is 31.2. The molecule has 8 nitrogen and oxygen atoms in total. The predicted octanol–water partition coefficient (Wildman–Crippen LogP) is 1.71. The minimum absolute atomic E-state index is 0.391. The lowest BCUT2D eigenvalue weighted by molar-refractivity contribution is 0.722. The van der Waals surface area contributed by atoms with E-state index in [4.69, 9.17) is 0 Å². The highest BCUT2D eigenvalue weighted by molar-refractivity contribution is 5.76. The van der Waals surface area contributed by atoms with Gasteiger partial charge in [-0.15, -0.1) is 0 Å². The van der Waals surface area contributed by atoms with Gasteiger partial charge in [-0.3, -0.25) is 18.7 Å². The van der Waals surface area contributed by atoms with Gasteiger partial charge in [0.15, 0.2) is 11.2 Å². The fourth-order valence-corrected chi connectivity index (χ4v) is 3.43. The number of aromatic amines is 1. The van der Waals surface area contributed by atoms with Gasteiger partial charge in [-0.2, -0.15) is 4.98 Å². The number of imidazole rings is 2. The van der Waals surface area contributed by atoms with Gasteiger partial charge in [0.25, 0.3) is 5.56 Å². The summed E-state index contributed by atoms with van der Waals surface area (Å²) in [5.74, 6) is 0.664. The Morgan fingerprint density at radius 3 is 2.48 bits per heavy atom. The molecule has 3 heterocycles. The highest BCUT2D eigenvalue weighted by atomic mass is 16.2. The summed E-state index contributed by atoms with van der Waals surface area (Å²) in [6, 6.07) is 8.25. The van der Waals surface area contributed by atoms with Crippen LogP contribution in [0, 0.1) is 20.8 Å². The lowest BCUT2D eigenvalue weighted by Gasteiger charge is -2.09. The predicted molar refractivity (Wildman–Crippen MR) is 106 cm³/mol. The normalized spacial score (nSPS) is 11.6. The first-order valence-corrected chi connectivity index (χ1v) is 8.86. The lowest BCUT2D eigenvalue weighted by atomic mass is 10.2. The van der Waals surface area contributed by atoms with Crippen molar-refractivity contribution in [2.24, 2.45) is 7.05 Å². The zero-order valence-corrected chi connectivity index (χ0v) is 15.8. The fourth-order valence-electron chi connectivity index (χ4n) is 3.43. The number of nitrogens with zero attached hydrogens (tertiary/aromatic N) is 4. The number of hydrogen-bond donors (Lipinski definition) is 2. The van der Waals surface area contributed by atoms with E-state index in [0.29, 0.717) is 30.0 Å². The molecule has 4 rings (SSSR count). The number of aryl methyl sites for hydroxylation is 3. The zero-order chi connectivity index (χ0) is 19.3. The minimum Gasteiger partial charge on any atom is -0.383 e. The third-order valence-electron chi connectivity index (χ3n) is 5.12. The molecule has 0 spiro atoms. The molecule has 0 aliphatic heterocycles. The van der Waals surface area contributed by atoms with Crippen molar-refractivity contribution in [3.63, 3.8) is 0 Å². The topological polar surface area (TPSA) is 89.1 Å². The van der Waals surface area contributed by atoms with E-state index >= 15 is 0 Å². The number of hydrogen-bond acceptors (Lipinski definition) is 4. The van der Waals surface area contributed by atoms with Crippen LogP contribution in [0.15, 0.2) is 33.9 Å². The highest BCUT2D eigenvalue weighted by Gasteiger charge is 2.20. The molecule has 8 heteroatoms. The maximum Gasteiger partial charge on any atom is 0.329 e. The van der Waals surface area contributed by atoms with Crippen molar-refractivity contribution in [3.8, 4) is 0 Å². The van der Waals surface area contributed by atoms with Crippen molar-refractivity contribution >= 4 is 22.6 Å². The molecule has 1 aromatic carbocycles. The van der Waals surface area contributed by atoms with Crippen molar-refractivity contribution in [1.29, 1.82) is 0 Å². The summed E-state index contributed by atoms with van der Waals surface area (Å²) < 4.78 is 5.27. The average Bonchev–Trinajstić information content (AvgIpc) is 3.13. The second kappa shape index (κ2) is 6.15. The SMILES string of the molecule is Cc1ccc(NCCn2c(C)c(C)n3c4c(=O)[nH]c(=O)n(C)c4nc23)cc1. The van der Waals surface area contributed by atoms with Gasteiger partial charge in [0, 0.05) is 37.2 Å². The van der Waals surface area contributed by atoms with Gasteiger partial charge in [0.05, 0.1) is 0 Å². The highest BCUT2D eigenvalue weighted by Crippen LogP contribution is 2.20. The fraction of sp³-hybridized carbons (Fsp3) is 0.316. The summed E-state index contributed by atoms with van der Waals surface area (Å²) in [6.45, 7) is 7.43.